The van der Waals surface area contributed by atoms with Crippen molar-refractivity contribution < 1.29 is 14.3 Å². The van der Waals surface area contributed by atoms with Crippen molar-refractivity contribution in [3.8, 4) is 0 Å². The maximum Gasteiger partial charge on any atom is 0.508 e. The first-order valence-corrected chi connectivity index (χ1v) is 8.68. The smallest absolute Gasteiger partial charge is 0.438 e. The van der Waals surface area contributed by atoms with Crippen LogP contribution < -0.4 is 5.32 Å². The van der Waals surface area contributed by atoms with Crippen LogP contribution in [-0.2, 0) is 9.47 Å². The Bertz CT molecular complexity index is 663. The minimum atomic E-state index is -0.616. The molecule has 0 saturated carbocycles. The second-order valence-electron chi connectivity index (χ2n) is 6.74. The maximum atomic E-state index is 11.4. The van der Waals surface area contributed by atoms with E-state index in [2.05, 4.69) is 72.4 Å². The van der Waals surface area contributed by atoms with E-state index in [-0.39, 0.29) is 18.1 Å². The van der Waals surface area contributed by atoms with Crippen molar-refractivity contribution in [2.45, 2.75) is 38.3 Å². The number of aryl methyl sites for hydroxylation is 2. The maximum absolute atomic E-state index is 11.4. The molecule has 4 heteroatoms. The van der Waals surface area contributed by atoms with Crippen LogP contribution in [0.15, 0.2) is 48.5 Å². The zero-order valence-electron chi connectivity index (χ0n) is 15.0. The molecule has 1 aliphatic heterocycles. The molecular weight excluding hydrogens is 314 g/mol. The Morgan fingerprint density at radius 3 is 2.00 bits per heavy atom. The molecule has 2 atom stereocenters. The highest BCUT2D eigenvalue weighted by atomic mass is 16.7. The first-order chi connectivity index (χ1) is 12.1. The molecule has 132 valence electrons. The van der Waals surface area contributed by atoms with Gasteiger partial charge in [0.1, 0.15) is 6.10 Å². The van der Waals surface area contributed by atoms with Gasteiger partial charge in [-0.25, -0.2) is 4.79 Å². The predicted octanol–water partition coefficient (Wildman–Crippen LogP) is 3.95. The molecule has 2 unspecified atom stereocenters. The number of hydrogen-bond acceptors (Lipinski definition) is 4. The lowest BCUT2D eigenvalue weighted by atomic mass is 9.83. The summed E-state index contributed by atoms with van der Waals surface area (Å²) in [6.07, 6.45) is -0.00727. The van der Waals surface area contributed by atoms with Crippen molar-refractivity contribution in [1.29, 1.82) is 0 Å². The summed E-state index contributed by atoms with van der Waals surface area (Å²) in [7, 11) is 1.34. The largest absolute Gasteiger partial charge is 0.508 e. The number of methoxy groups -OCH3 is 1. The minimum Gasteiger partial charge on any atom is -0.438 e. The SMILES string of the molecule is COC(=O)OC1CNC(C(c2ccc(C)cc2)c2ccc(C)cc2)C1. The number of rotatable bonds is 4. The quantitative estimate of drug-likeness (QED) is 0.857. The fourth-order valence-electron chi connectivity index (χ4n) is 3.47. The highest BCUT2D eigenvalue weighted by Gasteiger charge is 2.34. The van der Waals surface area contributed by atoms with Crippen LogP contribution in [0.25, 0.3) is 0 Å². The van der Waals surface area contributed by atoms with E-state index in [9.17, 15) is 4.79 Å². The van der Waals surface area contributed by atoms with Gasteiger partial charge < -0.3 is 14.8 Å². The summed E-state index contributed by atoms with van der Waals surface area (Å²) < 4.78 is 9.94. The van der Waals surface area contributed by atoms with Crippen LogP contribution in [0.2, 0.25) is 0 Å². The van der Waals surface area contributed by atoms with E-state index in [0.29, 0.717) is 6.54 Å². The first-order valence-electron chi connectivity index (χ1n) is 8.68. The number of carbonyl (C=O) groups excluding carboxylic acids is 1. The second-order valence-corrected chi connectivity index (χ2v) is 6.74. The molecule has 4 nitrogen and oxygen atoms in total. The van der Waals surface area contributed by atoms with E-state index in [1.165, 1.54) is 29.4 Å². The van der Waals surface area contributed by atoms with Crippen LogP contribution in [0.3, 0.4) is 0 Å². The summed E-state index contributed by atoms with van der Waals surface area (Å²) in [4.78, 5) is 11.4. The minimum absolute atomic E-state index is 0.157. The average Bonchev–Trinajstić information content (AvgIpc) is 3.06. The van der Waals surface area contributed by atoms with E-state index >= 15 is 0 Å². The molecule has 1 fully saturated rings. The second kappa shape index (κ2) is 7.70. The van der Waals surface area contributed by atoms with Crippen molar-refractivity contribution >= 4 is 6.16 Å². The number of carbonyl (C=O) groups is 1. The van der Waals surface area contributed by atoms with Gasteiger partial charge in [-0.15, -0.1) is 0 Å². The van der Waals surface area contributed by atoms with Gasteiger partial charge in [-0.3, -0.25) is 0 Å². The Labute approximate surface area is 149 Å². The predicted molar refractivity (Wildman–Crippen MR) is 97.9 cm³/mol. The Hall–Kier alpha value is -2.33. The number of hydrogen-bond donors (Lipinski definition) is 1. The van der Waals surface area contributed by atoms with Gasteiger partial charge in [0.05, 0.1) is 7.11 Å². The molecule has 0 bridgehead atoms. The Balaban J connectivity index is 1.85. The molecule has 0 radical (unpaired) electrons. The third-order valence-electron chi connectivity index (χ3n) is 4.83. The van der Waals surface area contributed by atoms with Gasteiger partial charge in [0.2, 0.25) is 0 Å². The molecule has 2 aromatic carbocycles. The summed E-state index contributed by atoms with van der Waals surface area (Å²) in [5, 5.41) is 3.53. The Kier molecular flexibility index (Phi) is 5.39. The van der Waals surface area contributed by atoms with Crippen molar-refractivity contribution in [1.82, 2.24) is 5.32 Å². The fourth-order valence-corrected chi connectivity index (χ4v) is 3.47. The third kappa shape index (κ3) is 4.20. The van der Waals surface area contributed by atoms with Crippen LogP contribution in [0.4, 0.5) is 4.79 Å². The van der Waals surface area contributed by atoms with Crippen molar-refractivity contribution in [3.63, 3.8) is 0 Å². The van der Waals surface area contributed by atoms with Gasteiger partial charge in [0.25, 0.3) is 0 Å². The molecule has 0 aliphatic carbocycles. The van der Waals surface area contributed by atoms with Gasteiger partial charge in [0, 0.05) is 24.9 Å². The number of nitrogens with one attached hydrogen (secondary N) is 1. The third-order valence-corrected chi connectivity index (χ3v) is 4.83. The monoisotopic (exact) mass is 339 g/mol. The lowest BCUT2D eigenvalue weighted by Gasteiger charge is -2.25. The molecule has 1 saturated heterocycles. The number of ether oxygens (including phenoxy) is 2. The standard InChI is InChI=1S/C21H25NO3/c1-14-4-8-16(9-5-14)20(17-10-6-15(2)7-11-17)19-12-18(13-22-19)25-21(23)24-3/h4-11,18-20,22H,12-13H2,1-3H3. The van der Waals surface area contributed by atoms with Crippen LogP contribution in [0.1, 0.15) is 34.6 Å². The molecule has 0 aromatic heterocycles. The van der Waals surface area contributed by atoms with Gasteiger partial charge in [-0.2, -0.15) is 0 Å². The average molecular weight is 339 g/mol. The van der Waals surface area contributed by atoms with E-state index < -0.39 is 6.16 Å². The molecular formula is C21H25NO3. The summed E-state index contributed by atoms with van der Waals surface area (Å²) in [6, 6.07) is 17.6. The van der Waals surface area contributed by atoms with E-state index in [0.717, 1.165) is 6.42 Å². The van der Waals surface area contributed by atoms with Gasteiger partial charge in [0.15, 0.2) is 0 Å². The summed E-state index contributed by atoms with van der Waals surface area (Å²) >= 11 is 0. The molecule has 1 heterocycles. The topological polar surface area (TPSA) is 47.6 Å². The highest BCUT2D eigenvalue weighted by Crippen LogP contribution is 2.33. The van der Waals surface area contributed by atoms with Gasteiger partial charge >= 0.3 is 6.16 Å². The van der Waals surface area contributed by atoms with Crippen LogP contribution in [-0.4, -0.2) is 32.0 Å². The van der Waals surface area contributed by atoms with Crippen LogP contribution >= 0.6 is 0 Å². The van der Waals surface area contributed by atoms with Crippen LogP contribution in [0, 0.1) is 13.8 Å². The molecule has 25 heavy (non-hydrogen) atoms. The van der Waals surface area contributed by atoms with Crippen molar-refractivity contribution in [3.05, 3.63) is 70.8 Å². The normalized spacial score (nSPS) is 19.8. The molecule has 1 N–H and O–H groups in total. The summed E-state index contributed by atoms with van der Waals surface area (Å²) in [5.74, 6) is 0.215. The first kappa shape index (κ1) is 17.5. The molecule has 0 spiro atoms. The van der Waals surface area contributed by atoms with Crippen molar-refractivity contribution in [2.75, 3.05) is 13.7 Å². The van der Waals surface area contributed by atoms with Gasteiger partial charge in [-0.05, 0) is 25.0 Å². The van der Waals surface area contributed by atoms with E-state index in [1.807, 2.05) is 0 Å². The van der Waals surface area contributed by atoms with Gasteiger partial charge in [-0.1, -0.05) is 59.7 Å². The number of benzene rings is 2. The zero-order chi connectivity index (χ0) is 17.8. The molecule has 1 aliphatic rings. The summed E-state index contributed by atoms with van der Waals surface area (Å²) in [5.41, 5.74) is 5.03. The highest BCUT2D eigenvalue weighted by molar-refractivity contribution is 5.59. The Morgan fingerprint density at radius 1 is 1.00 bits per heavy atom. The van der Waals surface area contributed by atoms with E-state index in [4.69, 9.17) is 4.74 Å². The van der Waals surface area contributed by atoms with E-state index in [1.54, 1.807) is 0 Å². The lowest BCUT2D eigenvalue weighted by molar-refractivity contribution is 0.0430. The molecule has 3 rings (SSSR count). The lowest BCUT2D eigenvalue weighted by Crippen LogP contribution is -2.29. The fraction of sp³-hybridized carbons (Fsp3) is 0.381. The molecule has 2 aromatic rings. The van der Waals surface area contributed by atoms with Crippen LogP contribution in [0.5, 0.6) is 0 Å². The summed E-state index contributed by atoms with van der Waals surface area (Å²) in [6.45, 7) is 4.84. The molecule has 0 amide bonds. The Morgan fingerprint density at radius 2 is 1.52 bits per heavy atom. The van der Waals surface area contributed by atoms with Crippen molar-refractivity contribution in [2.24, 2.45) is 0 Å². The zero-order valence-corrected chi connectivity index (χ0v) is 15.0.